The molecule has 1 heterocycles. The smallest absolute Gasteiger partial charge is 0.303 e. The Morgan fingerprint density at radius 2 is 2.00 bits per heavy atom. The van der Waals surface area contributed by atoms with Crippen LogP contribution < -0.4 is 9.64 Å². The predicted octanol–water partition coefficient (Wildman–Crippen LogP) is 1.87. The second-order valence-electron chi connectivity index (χ2n) is 4.87. The summed E-state index contributed by atoms with van der Waals surface area (Å²) >= 11 is 0. The molecule has 0 spiro atoms. The third kappa shape index (κ3) is 3.21. The number of nitrogens with zero attached hydrogens (tertiary/aromatic N) is 1. The molecule has 1 aromatic carbocycles. The number of carboxylic acids is 1. The summed E-state index contributed by atoms with van der Waals surface area (Å²) in [6, 6.07) is 4.98. The fraction of sp³-hybridized carbons (Fsp3) is 0.400. The van der Waals surface area contributed by atoms with Crippen LogP contribution in [0.25, 0.3) is 0 Å². The average Bonchev–Trinajstić information content (AvgIpc) is 2.71. The van der Waals surface area contributed by atoms with Crippen molar-refractivity contribution in [1.29, 1.82) is 0 Å². The van der Waals surface area contributed by atoms with Crippen molar-refractivity contribution in [3.63, 3.8) is 0 Å². The number of Topliss-reactive ketones (excluding diaryl/α,β-unsaturated/α-hetero) is 1. The molecule has 21 heavy (non-hydrogen) atoms. The number of methoxy groups -OCH3 is 1. The van der Waals surface area contributed by atoms with Gasteiger partial charge in [-0.3, -0.25) is 14.4 Å². The number of ether oxygens (including phenoxy) is 1. The fourth-order valence-corrected chi connectivity index (χ4v) is 2.35. The van der Waals surface area contributed by atoms with Crippen LogP contribution in [0.15, 0.2) is 18.2 Å². The van der Waals surface area contributed by atoms with Crippen LogP contribution in [0.1, 0.15) is 36.0 Å². The van der Waals surface area contributed by atoms with E-state index in [0.29, 0.717) is 42.8 Å². The first-order chi connectivity index (χ1) is 10.0. The number of amides is 1. The maximum Gasteiger partial charge on any atom is 0.303 e. The van der Waals surface area contributed by atoms with Crippen molar-refractivity contribution >= 4 is 23.3 Å². The molecule has 0 unspecified atom stereocenters. The molecule has 1 aliphatic heterocycles. The molecule has 6 heteroatoms. The van der Waals surface area contributed by atoms with Crippen molar-refractivity contribution in [1.82, 2.24) is 0 Å². The Balaban J connectivity index is 2.00. The summed E-state index contributed by atoms with van der Waals surface area (Å²) in [5.41, 5.74) is 0.967. The third-order valence-corrected chi connectivity index (χ3v) is 3.45. The van der Waals surface area contributed by atoms with Crippen LogP contribution >= 0.6 is 0 Å². The number of carboxylic acid groups (broad SMARTS) is 1. The standard InChI is InChI=1S/C15H17NO5/c1-21-10-6-7-12-11(9-10)14(19)15(20)16(12)8-4-2-3-5-13(17)18/h6-7,9H,2-5,8H2,1H3,(H,17,18). The van der Waals surface area contributed by atoms with Crippen molar-refractivity contribution < 1.29 is 24.2 Å². The Morgan fingerprint density at radius 3 is 2.67 bits per heavy atom. The van der Waals surface area contributed by atoms with Gasteiger partial charge in [0.2, 0.25) is 0 Å². The highest BCUT2D eigenvalue weighted by molar-refractivity contribution is 6.52. The Bertz CT molecular complexity index is 581. The van der Waals surface area contributed by atoms with Gasteiger partial charge in [0, 0.05) is 13.0 Å². The molecular weight excluding hydrogens is 274 g/mol. The van der Waals surface area contributed by atoms with Gasteiger partial charge >= 0.3 is 5.97 Å². The number of carbonyl (C=O) groups is 3. The lowest BCUT2D eigenvalue weighted by Gasteiger charge is -2.16. The molecule has 1 N–H and O–H groups in total. The first kappa shape index (κ1) is 15.0. The SMILES string of the molecule is COc1ccc2c(c1)C(=O)C(=O)N2CCCCCC(=O)O. The maximum absolute atomic E-state index is 12.0. The zero-order chi connectivity index (χ0) is 15.4. The van der Waals surface area contributed by atoms with Crippen LogP contribution in [0.4, 0.5) is 5.69 Å². The average molecular weight is 291 g/mol. The van der Waals surface area contributed by atoms with Crippen molar-refractivity contribution in [3.8, 4) is 5.75 Å². The predicted molar refractivity (Wildman–Crippen MR) is 75.8 cm³/mol. The maximum atomic E-state index is 12.0. The Kier molecular flexibility index (Phi) is 4.57. The molecule has 0 saturated carbocycles. The molecule has 2 rings (SSSR count). The molecule has 0 saturated heterocycles. The molecule has 112 valence electrons. The Hall–Kier alpha value is -2.37. The number of hydrogen-bond acceptors (Lipinski definition) is 4. The molecule has 1 aliphatic rings. The van der Waals surface area contributed by atoms with Gasteiger partial charge in [0.05, 0.1) is 18.4 Å². The van der Waals surface area contributed by atoms with Crippen molar-refractivity contribution in [2.45, 2.75) is 25.7 Å². The molecule has 0 atom stereocenters. The highest BCUT2D eigenvalue weighted by Crippen LogP contribution is 2.32. The van der Waals surface area contributed by atoms with E-state index in [9.17, 15) is 14.4 Å². The van der Waals surface area contributed by atoms with E-state index < -0.39 is 17.7 Å². The Morgan fingerprint density at radius 1 is 1.24 bits per heavy atom. The number of hydrogen-bond donors (Lipinski definition) is 1. The van der Waals surface area contributed by atoms with Gasteiger partial charge in [-0.2, -0.15) is 0 Å². The monoisotopic (exact) mass is 291 g/mol. The lowest BCUT2D eigenvalue weighted by atomic mass is 10.1. The van der Waals surface area contributed by atoms with Gasteiger partial charge in [0.15, 0.2) is 0 Å². The van der Waals surface area contributed by atoms with Gasteiger partial charge in [0.1, 0.15) is 5.75 Å². The first-order valence-electron chi connectivity index (χ1n) is 6.80. The number of carbonyl (C=O) groups excluding carboxylic acids is 2. The summed E-state index contributed by atoms with van der Waals surface area (Å²) in [7, 11) is 1.50. The van der Waals surface area contributed by atoms with E-state index in [-0.39, 0.29) is 6.42 Å². The van der Waals surface area contributed by atoms with Gasteiger partial charge in [-0.05, 0) is 31.0 Å². The minimum atomic E-state index is -0.820. The van der Waals surface area contributed by atoms with Crippen molar-refractivity contribution in [2.75, 3.05) is 18.6 Å². The van der Waals surface area contributed by atoms with Crippen LogP contribution in [0.5, 0.6) is 5.75 Å². The second kappa shape index (κ2) is 6.39. The van der Waals surface area contributed by atoms with Gasteiger partial charge < -0.3 is 14.7 Å². The van der Waals surface area contributed by atoms with Crippen LogP contribution in [0.2, 0.25) is 0 Å². The van der Waals surface area contributed by atoms with Gasteiger partial charge in [-0.15, -0.1) is 0 Å². The number of anilines is 1. The summed E-state index contributed by atoms with van der Waals surface area (Å²) in [6.45, 7) is 0.420. The van der Waals surface area contributed by atoms with Gasteiger partial charge in [0.25, 0.3) is 11.7 Å². The molecular formula is C15H17NO5. The highest BCUT2D eigenvalue weighted by Gasteiger charge is 2.35. The van der Waals surface area contributed by atoms with Crippen molar-refractivity contribution in [3.05, 3.63) is 23.8 Å². The lowest BCUT2D eigenvalue weighted by Crippen LogP contribution is -2.30. The summed E-state index contributed by atoms with van der Waals surface area (Å²) in [4.78, 5) is 35.8. The fourth-order valence-electron chi connectivity index (χ4n) is 2.35. The summed E-state index contributed by atoms with van der Waals surface area (Å²) < 4.78 is 5.06. The molecule has 0 aliphatic carbocycles. The Labute approximate surface area is 122 Å². The number of benzene rings is 1. The quantitative estimate of drug-likeness (QED) is 0.612. The van der Waals surface area contributed by atoms with E-state index in [0.717, 1.165) is 0 Å². The molecule has 1 amide bonds. The number of ketones is 1. The van der Waals surface area contributed by atoms with Crippen LogP contribution in [0.3, 0.4) is 0 Å². The van der Waals surface area contributed by atoms with E-state index in [4.69, 9.17) is 9.84 Å². The van der Waals surface area contributed by atoms with Gasteiger partial charge in [-0.1, -0.05) is 6.42 Å². The summed E-state index contributed by atoms with van der Waals surface area (Å²) in [5.74, 6) is -1.33. The van der Waals surface area contributed by atoms with Crippen LogP contribution in [-0.4, -0.2) is 36.4 Å². The van der Waals surface area contributed by atoms with Crippen molar-refractivity contribution in [2.24, 2.45) is 0 Å². The largest absolute Gasteiger partial charge is 0.497 e. The van der Waals surface area contributed by atoms with E-state index in [1.54, 1.807) is 18.2 Å². The molecule has 6 nitrogen and oxygen atoms in total. The van der Waals surface area contributed by atoms with E-state index in [1.165, 1.54) is 12.0 Å². The van der Waals surface area contributed by atoms with Gasteiger partial charge in [-0.25, -0.2) is 0 Å². The first-order valence-corrected chi connectivity index (χ1v) is 6.80. The lowest BCUT2D eigenvalue weighted by molar-refractivity contribution is -0.137. The van der Waals surface area contributed by atoms with E-state index in [1.807, 2.05) is 0 Å². The third-order valence-electron chi connectivity index (χ3n) is 3.45. The number of unbranched alkanes of at least 4 members (excludes halogenated alkanes) is 2. The molecule has 0 aromatic heterocycles. The minimum absolute atomic E-state index is 0.126. The number of aliphatic carboxylic acids is 1. The van der Waals surface area contributed by atoms with Crippen LogP contribution in [0, 0.1) is 0 Å². The number of fused-ring (bicyclic) bond motifs is 1. The van der Waals surface area contributed by atoms with E-state index >= 15 is 0 Å². The minimum Gasteiger partial charge on any atom is -0.497 e. The molecule has 0 fully saturated rings. The summed E-state index contributed by atoms with van der Waals surface area (Å²) in [6.07, 6.45) is 2.06. The molecule has 0 bridgehead atoms. The van der Waals surface area contributed by atoms with E-state index in [2.05, 4.69) is 0 Å². The number of rotatable bonds is 7. The highest BCUT2D eigenvalue weighted by atomic mass is 16.5. The molecule has 0 radical (unpaired) electrons. The zero-order valence-corrected chi connectivity index (χ0v) is 11.8. The zero-order valence-electron chi connectivity index (χ0n) is 11.8. The topological polar surface area (TPSA) is 83.9 Å². The summed E-state index contributed by atoms with van der Waals surface area (Å²) in [5, 5.41) is 8.56. The normalized spacial score (nSPS) is 13.5. The van der Waals surface area contributed by atoms with Crippen LogP contribution in [-0.2, 0) is 9.59 Å². The second-order valence-corrected chi connectivity index (χ2v) is 4.87. The molecule has 1 aromatic rings.